The van der Waals surface area contributed by atoms with E-state index in [4.69, 9.17) is 0 Å². The van der Waals surface area contributed by atoms with Crippen molar-refractivity contribution in [3.8, 4) is 0 Å². The summed E-state index contributed by atoms with van der Waals surface area (Å²) in [5.74, 6) is -0.145. The summed E-state index contributed by atoms with van der Waals surface area (Å²) in [5, 5.41) is 5.41. The van der Waals surface area contributed by atoms with Crippen LogP contribution in [-0.2, 0) is 9.59 Å². The van der Waals surface area contributed by atoms with Crippen LogP contribution >= 0.6 is 0 Å². The van der Waals surface area contributed by atoms with Gasteiger partial charge in [-0.05, 0) is 26.9 Å². The van der Waals surface area contributed by atoms with Crippen LogP contribution < -0.4 is 10.6 Å². The second-order valence-corrected chi connectivity index (χ2v) is 4.38. The molecule has 0 saturated heterocycles. The summed E-state index contributed by atoms with van der Waals surface area (Å²) in [6.07, 6.45) is 1.62. The molecule has 2 amide bonds. The number of likely N-dealkylation sites (N-methyl/N-ethyl adjacent to an activating group) is 1. The Morgan fingerprint density at radius 1 is 1.12 bits per heavy atom. The monoisotopic (exact) mass is 243 g/mol. The van der Waals surface area contributed by atoms with Crippen LogP contribution in [0, 0.1) is 5.92 Å². The lowest BCUT2D eigenvalue weighted by molar-refractivity contribution is -0.128. The van der Waals surface area contributed by atoms with Gasteiger partial charge in [0.15, 0.2) is 0 Å². The number of amides is 2. The summed E-state index contributed by atoms with van der Waals surface area (Å²) in [6.45, 7) is 5.43. The number of hydrogen-bond acceptors (Lipinski definition) is 3. The molecule has 0 heterocycles. The van der Waals surface area contributed by atoms with Crippen LogP contribution in [0.25, 0.3) is 0 Å². The molecule has 0 bridgehead atoms. The maximum atomic E-state index is 11.6. The first kappa shape index (κ1) is 15.9. The second-order valence-electron chi connectivity index (χ2n) is 4.38. The topological polar surface area (TPSA) is 61.4 Å². The van der Waals surface area contributed by atoms with Crippen LogP contribution in [0.1, 0.15) is 26.7 Å². The van der Waals surface area contributed by atoms with Crippen LogP contribution in [0.15, 0.2) is 0 Å². The van der Waals surface area contributed by atoms with E-state index in [9.17, 15) is 9.59 Å². The Hall–Kier alpha value is -1.10. The smallest absolute Gasteiger partial charge is 0.239 e. The number of nitrogens with one attached hydrogen (secondary N) is 2. The summed E-state index contributed by atoms with van der Waals surface area (Å²) >= 11 is 0. The number of hydrogen-bond donors (Lipinski definition) is 2. The second kappa shape index (κ2) is 8.98. The van der Waals surface area contributed by atoms with Crippen molar-refractivity contribution in [3.05, 3.63) is 0 Å². The molecule has 0 aliphatic carbocycles. The van der Waals surface area contributed by atoms with Crippen molar-refractivity contribution < 1.29 is 9.59 Å². The molecule has 0 aromatic carbocycles. The Labute approximate surface area is 104 Å². The molecule has 0 unspecified atom stereocenters. The molecule has 0 radical (unpaired) electrons. The van der Waals surface area contributed by atoms with Gasteiger partial charge in [0.1, 0.15) is 0 Å². The predicted octanol–water partition coefficient (Wildman–Crippen LogP) is 0.217. The maximum absolute atomic E-state index is 11.6. The number of nitrogens with zero attached hydrogens (tertiary/aromatic N) is 1. The zero-order valence-corrected chi connectivity index (χ0v) is 11.4. The number of carbonyl (C=O) groups is 2. The Kier molecular flexibility index (Phi) is 8.40. The fourth-order valence-corrected chi connectivity index (χ4v) is 1.45. The lowest BCUT2D eigenvalue weighted by Crippen LogP contribution is -2.41. The molecule has 0 aliphatic heterocycles. The van der Waals surface area contributed by atoms with Gasteiger partial charge < -0.3 is 15.5 Å². The van der Waals surface area contributed by atoms with Crippen molar-refractivity contribution in [2.75, 3.05) is 33.7 Å². The zero-order chi connectivity index (χ0) is 13.3. The van der Waals surface area contributed by atoms with E-state index in [1.165, 1.54) is 0 Å². The molecule has 5 heteroatoms. The molecule has 17 heavy (non-hydrogen) atoms. The highest BCUT2D eigenvalue weighted by atomic mass is 16.2. The average molecular weight is 243 g/mol. The van der Waals surface area contributed by atoms with Crippen LogP contribution in [0.2, 0.25) is 0 Å². The van der Waals surface area contributed by atoms with E-state index in [2.05, 4.69) is 10.6 Å². The minimum absolute atomic E-state index is 0.0181. The summed E-state index contributed by atoms with van der Waals surface area (Å²) < 4.78 is 0. The predicted molar refractivity (Wildman–Crippen MR) is 68.6 cm³/mol. The highest BCUT2D eigenvalue weighted by Gasteiger charge is 2.14. The van der Waals surface area contributed by atoms with Gasteiger partial charge in [0.05, 0.1) is 6.54 Å². The largest absolute Gasteiger partial charge is 0.353 e. The lowest BCUT2D eigenvalue weighted by Gasteiger charge is -2.13. The van der Waals surface area contributed by atoms with Gasteiger partial charge in [-0.15, -0.1) is 0 Å². The summed E-state index contributed by atoms with van der Waals surface area (Å²) in [4.78, 5) is 25.0. The van der Waals surface area contributed by atoms with E-state index in [1.807, 2.05) is 32.8 Å². The van der Waals surface area contributed by atoms with Crippen LogP contribution in [-0.4, -0.2) is 50.4 Å². The molecular weight excluding hydrogens is 218 g/mol. The van der Waals surface area contributed by atoms with Crippen LogP contribution in [0.5, 0.6) is 0 Å². The molecule has 100 valence electrons. The molecule has 0 aromatic rings. The third-order valence-corrected chi connectivity index (χ3v) is 2.66. The minimum Gasteiger partial charge on any atom is -0.353 e. The van der Waals surface area contributed by atoms with Crippen molar-refractivity contribution in [3.63, 3.8) is 0 Å². The molecule has 0 aliphatic rings. The molecule has 0 atom stereocenters. The van der Waals surface area contributed by atoms with Gasteiger partial charge in [-0.1, -0.05) is 13.8 Å². The van der Waals surface area contributed by atoms with E-state index >= 15 is 0 Å². The molecule has 0 fully saturated rings. The van der Waals surface area contributed by atoms with Crippen LogP contribution in [0.3, 0.4) is 0 Å². The van der Waals surface area contributed by atoms with Crippen LogP contribution in [0.4, 0.5) is 0 Å². The fourth-order valence-electron chi connectivity index (χ4n) is 1.45. The third-order valence-electron chi connectivity index (χ3n) is 2.66. The van der Waals surface area contributed by atoms with Crippen molar-refractivity contribution in [2.24, 2.45) is 5.92 Å². The maximum Gasteiger partial charge on any atom is 0.239 e. The number of rotatable bonds is 8. The Bertz CT molecular complexity index is 238. The standard InChI is InChI=1S/C12H25N3O2/c1-5-10(6-2)12(17)14-9-11(16)13-7-8-15(3)4/h10H,5-9H2,1-4H3,(H,13,16)(H,14,17). The molecular formula is C12H25N3O2. The van der Waals surface area contributed by atoms with Gasteiger partial charge in [-0.2, -0.15) is 0 Å². The number of carbonyl (C=O) groups excluding carboxylic acids is 2. The molecule has 0 saturated carbocycles. The Morgan fingerprint density at radius 3 is 2.18 bits per heavy atom. The van der Waals surface area contributed by atoms with Gasteiger partial charge in [0.25, 0.3) is 0 Å². The SMILES string of the molecule is CCC(CC)C(=O)NCC(=O)NCCN(C)C. The lowest BCUT2D eigenvalue weighted by atomic mass is 10.0. The van der Waals surface area contributed by atoms with Gasteiger partial charge in [0, 0.05) is 19.0 Å². The quantitative estimate of drug-likeness (QED) is 0.641. The van der Waals surface area contributed by atoms with Gasteiger partial charge in [-0.3, -0.25) is 9.59 Å². The van der Waals surface area contributed by atoms with Gasteiger partial charge >= 0.3 is 0 Å². The highest BCUT2D eigenvalue weighted by molar-refractivity contribution is 5.85. The first-order valence-electron chi connectivity index (χ1n) is 6.20. The van der Waals surface area contributed by atoms with E-state index in [0.717, 1.165) is 19.4 Å². The average Bonchev–Trinajstić information content (AvgIpc) is 2.27. The normalized spacial score (nSPS) is 10.7. The molecule has 0 aromatic heterocycles. The molecule has 0 rings (SSSR count). The summed E-state index contributed by atoms with van der Waals surface area (Å²) in [6, 6.07) is 0. The fraction of sp³-hybridized carbons (Fsp3) is 0.833. The first-order valence-corrected chi connectivity index (χ1v) is 6.20. The van der Waals surface area contributed by atoms with Crippen molar-refractivity contribution >= 4 is 11.8 Å². The molecule has 2 N–H and O–H groups in total. The van der Waals surface area contributed by atoms with Crippen molar-refractivity contribution in [1.82, 2.24) is 15.5 Å². The Morgan fingerprint density at radius 2 is 1.71 bits per heavy atom. The summed E-state index contributed by atoms with van der Waals surface area (Å²) in [7, 11) is 3.89. The zero-order valence-electron chi connectivity index (χ0n) is 11.4. The van der Waals surface area contributed by atoms with Gasteiger partial charge in [-0.25, -0.2) is 0 Å². The highest BCUT2D eigenvalue weighted by Crippen LogP contribution is 2.06. The third kappa shape index (κ3) is 7.74. The Balaban J connectivity index is 3.72. The van der Waals surface area contributed by atoms with Crippen molar-refractivity contribution in [1.29, 1.82) is 0 Å². The molecule has 5 nitrogen and oxygen atoms in total. The minimum atomic E-state index is -0.133. The van der Waals surface area contributed by atoms with Gasteiger partial charge in [0.2, 0.25) is 11.8 Å². The first-order chi connectivity index (χ1) is 8.01. The van der Waals surface area contributed by atoms with Crippen molar-refractivity contribution in [2.45, 2.75) is 26.7 Å². The van der Waals surface area contributed by atoms with E-state index < -0.39 is 0 Å². The van der Waals surface area contributed by atoms with E-state index in [1.54, 1.807) is 0 Å². The van der Waals surface area contributed by atoms with E-state index in [-0.39, 0.29) is 24.3 Å². The molecule has 0 spiro atoms. The van der Waals surface area contributed by atoms with E-state index in [0.29, 0.717) is 6.54 Å². The summed E-state index contributed by atoms with van der Waals surface area (Å²) in [5.41, 5.74) is 0.